The van der Waals surface area contributed by atoms with E-state index in [9.17, 15) is 4.79 Å². The van der Waals surface area contributed by atoms with Gasteiger partial charge in [-0.05, 0) is 12.3 Å². The van der Waals surface area contributed by atoms with Crippen LogP contribution in [0.1, 0.15) is 34.1 Å². The molecular formula is C14H29N3O. The Morgan fingerprint density at radius 1 is 1.33 bits per heavy atom. The van der Waals surface area contributed by atoms with E-state index in [0.717, 1.165) is 32.7 Å². The third kappa shape index (κ3) is 5.36. The second-order valence-corrected chi connectivity index (χ2v) is 6.65. The summed E-state index contributed by atoms with van der Waals surface area (Å²) in [7, 11) is 1.91. The smallest absolute Gasteiger partial charge is 0.223 e. The lowest BCUT2D eigenvalue weighted by molar-refractivity contribution is -0.132. The Bertz CT molecular complexity index is 267. The van der Waals surface area contributed by atoms with Gasteiger partial charge in [0.25, 0.3) is 0 Å². The average molecular weight is 255 g/mol. The molecule has 0 spiro atoms. The fourth-order valence-electron chi connectivity index (χ4n) is 2.46. The maximum atomic E-state index is 12.2. The van der Waals surface area contributed by atoms with Crippen LogP contribution in [0.3, 0.4) is 0 Å². The van der Waals surface area contributed by atoms with Gasteiger partial charge in [0.15, 0.2) is 0 Å². The van der Waals surface area contributed by atoms with Crippen molar-refractivity contribution in [3.63, 3.8) is 0 Å². The van der Waals surface area contributed by atoms with Gasteiger partial charge in [0.1, 0.15) is 0 Å². The number of nitrogens with zero attached hydrogens (tertiary/aromatic N) is 2. The molecule has 0 aromatic heterocycles. The van der Waals surface area contributed by atoms with Crippen molar-refractivity contribution in [1.82, 2.24) is 15.1 Å². The second kappa shape index (κ2) is 6.53. The molecule has 106 valence electrons. The van der Waals surface area contributed by atoms with E-state index in [1.54, 1.807) is 0 Å². The molecule has 4 nitrogen and oxygen atoms in total. The van der Waals surface area contributed by atoms with Crippen molar-refractivity contribution in [1.29, 1.82) is 0 Å². The standard InChI is InChI=1S/C14H29N3O/c1-12(17-8-6-15-7-9-17)10-13(18)16(5)11-14(2,3)4/h12,15H,6-11H2,1-5H3. The number of hydrogen-bond acceptors (Lipinski definition) is 3. The number of carbonyl (C=O) groups is 1. The highest BCUT2D eigenvalue weighted by atomic mass is 16.2. The molecule has 0 aromatic rings. The molecule has 1 heterocycles. The lowest BCUT2D eigenvalue weighted by Gasteiger charge is -2.34. The van der Waals surface area contributed by atoms with Crippen LogP contribution in [0.25, 0.3) is 0 Å². The predicted molar refractivity (Wildman–Crippen MR) is 75.6 cm³/mol. The fourth-order valence-corrected chi connectivity index (χ4v) is 2.46. The number of hydrogen-bond donors (Lipinski definition) is 1. The van der Waals surface area contributed by atoms with Crippen LogP contribution in [0.4, 0.5) is 0 Å². The number of amides is 1. The van der Waals surface area contributed by atoms with E-state index in [0.29, 0.717) is 12.5 Å². The van der Waals surface area contributed by atoms with Gasteiger partial charge in [-0.25, -0.2) is 0 Å². The van der Waals surface area contributed by atoms with Crippen LogP contribution in [-0.2, 0) is 4.79 Å². The molecule has 0 aromatic carbocycles. The van der Waals surface area contributed by atoms with Crippen molar-refractivity contribution < 1.29 is 4.79 Å². The van der Waals surface area contributed by atoms with Gasteiger partial charge >= 0.3 is 0 Å². The molecule has 18 heavy (non-hydrogen) atoms. The Morgan fingerprint density at radius 2 is 1.89 bits per heavy atom. The minimum atomic E-state index is 0.169. The van der Waals surface area contributed by atoms with Crippen LogP contribution >= 0.6 is 0 Å². The third-order valence-electron chi connectivity index (χ3n) is 3.38. The van der Waals surface area contributed by atoms with E-state index in [1.807, 2.05) is 11.9 Å². The topological polar surface area (TPSA) is 35.6 Å². The highest BCUT2D eigenvalue weighted by molar-refractivity contribution is 5.76. The van der Waals surface area contributed by atoms with E-state index < -0.39 is 0 Å². The monoisotopic (exact) mass is 255 g/mol. The molecular weight excluding hydrogens is 226 g/mol. The first-order chi connectivity index (χ1) is 8.29. The number of piperazine rings is 1. The summed E-state index contributed by atoms with van der Waals surface area (Å²) in [4.78, 5) is 16.4. The summed E-state index contributed by atoms with van der Waals surface area (Å²) in [6, 6.07) is 0.349. The van der Waals surface area contributed by atoms with E-state index in [-0.39, 0.29) is 11.3 Å². The van der Waals surface area contributed by atoms with Crippen molar-refractivity contribution in [3.8, 4) is 0 Å². The largest absolute Gasteiger partial charge is 0.345 e. The summed E-state index contributed by atoms with van der Waals surface area (Å²) >= 11 is 0. The third-order valence-corrected chi connectivity index (χ3v) is 3.38. The van der Waals surface area contributed by atoms with Gasteiger partial charge in [0.2, 0.25) is 5.91 Å². The molecule has 1 saturated heterocycles. The van der Waals surface area contributed by atoms with E-state index in [1.165, 1.54) is 0 Å². The molecule has 0 bridgehead atoms. The molecule has 1 amide bonds. The second-order valence-electron chi connectivity index (χ2n) is 6.65. The minimum Gasteiger partial charge on any atom is -0.345 e. The van der Waals surface area contributed by atoms with Gasteiger partial charge in [0.05, 0.1) is 0 Å². The summed E-state index contributed by atoms with van der Waals surface area (Å²) in [5.74, 6) is 0.260. The summed E-state index contributed by atoms with van der Waals surface area (Å²) in [5.41, 5.74) is 0.169. The molecule has 1 unspecified atom stereocenters. The zero-order chi connectivity index (χ0) is 13.8. The molecule has 4 heteroatoms. The highest BCUT2D eigenvalue weighted by Crippen LogP contribution is 2.15. The van der Waals surface area contributed by atoms with Crippen LogP contribution in [0, 0.1) is 5.41 Å². The number of rotatable bonds is 4. The minimum absolute atomic E-state index is 0.169. The normalized spacial score (nSPS) is 19.6. The molecule has 1 aliphatic rings. The number of nitrogens with one attached hydrogen (secondary N) is 1. The van der Waals surface area contributed by atoms with Crippen LogP contribution in [0.5, 0.6) is 0 Å². The lowest BCUT2D eigenvalue weighted by Crippen LogP contribution is -2.49. The highest BCUT2D eigenvalue weighted by Gasteiger charge is 2.22. The van der Waals surface area contributed by atoms with Crippen LogP contribution < -0.4 is 5.32 Å². The molecule has 1 fully saturated rings. The average Bonchev–Trinajstić information content (AvgIpc) is 2.27. The first kappa shape index (κ1) is 15.4. The SMILES string of the molecule is CC(CC(=O)N(C)CC(C)(C)C)N1CCNCC1. The van der Waals surface area contributed by atoms with Crippen LogP contribution in [-0.4, -0.2) is 61.5 Å². The van der Waals surface area contributed by atoms with Crippen molar-refractivity contribution in [2.45, 2.75) is 40.2 Å². The van der Waals surface area contributed by atoms with Crippen LogP contribution in [0.2, 0.25) is 0 Å². The van der Waals surface area contributed by atoms with Crippen molar-refractivity contribution in [2.24, 2.45) is 5.41 Å². The summed E-state index contributed by atoms with van der Waals surface area (Å²) in [6.45, 7) is 13.7. The molecule has 1 rings (SSSR count). The van der Waals surface area contributed by atoms with E-state index >= 15 is 0 Å². The molecule has 0 aliphatic carbocycles. The Morgan fingerprint density at radius 3 is 2.39 bits per heavy atom. The van der Waals surface area contributed by atoms with E-state index in [4.69, 9.17) is 0 Å². The fraction of sp³-hybridized carbons (Fsp3) is 0.929. The summed E-state index contributed by atoms with van der Waals surface area (Å²) < 4.78 is 0. The van der Waals surface area contributed by atoms with Crippen molar-refractivity contribution in [2.75, 3.05) is 39.8 Å². The first-order valence-corrected chi connectivity index (χ1v) is 6.98. The van der Waals surface area contributed by atoms with Crippen molar-refractivity contribution in [3.05, 3.63) is 0 Å². The van der Waals surface area contributed by atoms with Gasteiger partial charge in [-0.3, -0.25) is 9.69 Å². The Kier molecular flexibility index (Phi) is 5.60. The molecule has 1 atom stereocenters. The van der Waals surface area contributed by atoms with Gasteiger partial charge in [-0.1, -0.05) is 20.8 Å². The Hall–Kier alpha value is -0.610. The molecule has 1 aliphatic heterocycles. The van der Waals surface area contributed by atoms with Gasteiger partial charge < -0.3 is 10.2 Å². The Balaban J connectivity index is 2.38. The van der Waals surface area contributed by atoms with Gasteiger partial charge in [-0.15, -0.1) is 0 Å². The van der Waals surface area contributed by atoms with Crippen LogP contribution in [0.15, 0.2) is 0 Å². The predicted octanol–water partition coefficient (Wildman–Crippen LogP) is 1.17. The molecule has 0 saturated carbocycles. The zero-order valence-electron chi connectivity index (χ0n) is 12.6. The maximum absolute atomic E-state index is 12.2. The summed E-state index contributed by atoms with van der Waals surface area (Å²) in [6.07, 6.45) is 0.632. The quantitative estimate of drug-likeness (QED) is 0.819. The molecule has 0 radical (unpaired) electrons. The van der Waals surface area contributed by atoms with Gasteiger partial charge in [-0.2, -0.15) is 0 Å². The van der Waals surface area contributed by atoms with E-state index in [2.05, 4.69) is 37.9 Å². The Labute approximate surface area is 112 Å². The summed E-state index contributed by atoms with van der Waals surface area (Å²) in [5, 5.41) is 3.34. The van der Waals surface area contributed by atoms with Gasteiger partial charge in [0, 0.05) is 52.2 Å². The zero-order valence-corrected chi connectivity index (χ0v) is 12.6. The van der Waals surface area contributed by atoms with Crippen molar-refractivity contribution >= 4 is 5.91 Å². The maximum Gasteiger partial charge on any atom is 0.223 e. The first-order valence-electron chi connectivity index (χ1n) is 6.98. The lowest BCUT2D eigenvalue weighted by atomic mass is 9.96. The number of carbonyl (C=O) groups excluding carboxylic acids is 1. The molecule has 1 N–H and O–H groups in total.